The second-order valence-electron chi connectivity index (χ2n) is 6.28. The molecule has 1 aromatic rings. The molecule has 1 aromatic carbocycles. The first-order chi connectivity index (χ1) is 11.7. The van der Waals surface area contributed by atoms with Crippen molar-refractivity contribution in [3.8, 4) is 5.75 Å². The van der Waals surface area contributed by atoms with Crippen LogP contribution in [0, 0.1) is 13.8 Å². The van der Waals surface area contributed by atoms with Crippen LogP contribution >= 0.6 is 0 Å². The van der Waals surface area contributed by atoms with E-state index in [1.165, 1.54) is 0 Å². The highest BCUT2D eigenvalue weighted by molar-refractivity contribution is 7.85. The zero-order valence-electron chi connectivity index (χ0n) is 14.8. The Morgan fingerprint density at radius 3 is 2.48 bits per heavy atom. The molecule has 1 atom stereocenters. The first-order valence-electron chi connectivity index (χ1n) is 8.34. The molecule has 0 aliphatic rings. The number of nitrogens with two attached hydrogens (primary N) is 1. The smallest absolute Gasteiger partial charge is 0.266 e. The molecule has 0 aromatic heterocycles. The van der Waals surface area contributed by atoms with Crippen molar-refractivity contribution in [1.29, 1.82) is 0 Å². The lowest BCUT2D eigenvalue weighted by Gasteiger charge is -2.10. The highest BCUT2D eigenvalue weighted by Crippen LogP contribution is 2.16. The zero-order valence-corrected chi connectivity index (χ0v) is 15.6. The van der Waals surface area contributed by atoms with Gasteiger partial charge in [-0.3, -0.25) is 9.35 Å². The second-order valence-corrected chi connectivity index (χ2v) is 7.77. The molecular weight excluding hydrogens is 344 g/mol. The van der Waals surface area contributed by atoms with E-state index in [2.05, 4.69) is 11.4 Å². The van der Waals surface area contributed by atoms with Gasteiger partial charge in [-0.05, 0) is 56.4 Å². The predicted molar refractivity (Wildman–Crippen MR) is 97.3 cm³/mol. The molecule has 7 nitrogen and oxygen atoms in total. The van der Waals surface area contributed by atoms with E-state index in [1.54, 1.807) is 0 Å². The molecule has 0 unspecified atom stereocenters. The van der Waals surface area contributed by atoms with Gasteiger partial charge in [-0.2, -0.15) is 8.42 Å². The van der Waals surface area contributed by atoms with Crippen molar-refractivity contribution >= 4 is 16.0 Å². The van der Waals surface area contributed by atoms with Crippen LogP contribution < -0.4 is 15.8 Å². The zero-order chi connectivity index (χ0) is 18.9. The van der Waals surface area contributed by atoms with Crippen LogP contribution in [-0.4, -0.2) is 43.8 Å². The van der Waals surface area contributed by atoms with E-state index in [0.717, 1.165) is 16.9 Å². The molecule has 0 saturated heterocycles. The summed E-state index contributed by atoms with van der Waals surface area (Å²) in [6.07, 6.45) is 1.94. The Bertz CT molecular complexity index is 641. The molecular formula is C17H28N2O5S. The number of aryl methyl sites for hydroxylation is 2. The number of hydrogen-bond donors (Lipinski definition) is 3. The Morgan fingerprint density at radius 2 is 1.88 bits per heavy atom. The van der Waals surface area contributed by atoms with E-state index in [9.17, 15) is 13.2 Å². The van der Waals surface area contributed by atoms with Crippen molar-refractivity contribution < 1.29 is 22.5 Å². The molecule has 0 heterocycles. The third-order valence-corrected chi connectivity index (χ3v) is 4.36. The third kappa shape index (κ3) is 10.8. The summed E-state index contributed by atoms with van der Waals surface area (Å²) in [5.74, 6) is 0.273. The van der Waals surface area contributed by atoms with Crippen LogP contribution in [0.3, 0.4) is 0 Å². The van der Waals surface area contributed by atoms with Gasteiger partial charge in [-0.1, -0.05) is 6.07 Å². The summed E-state index contributed by atoms with van der Waals surface area (Å²) in [6, 6.07) is 5.37. The van der Waals surface area contributed by atoms with Crippen LogP contribution in [-0.2, 0) is 14.9 Å². The maximum absolute atomic E-state index is 11.7. The van der Waals surface area contributed by atoms with Crippen molar-refractivity contribution in [2.24, 2.45) is 5.73 Å². The second kappa shape index (κ2) is 10.4. The number of nitrogens with one attached hydrogen (secondary N) is 1. The lowest BCUT2D eigenvalue weighted by atomic mass is 10.1. The minimum absolute atomic E-state index is 0.0765. The van der Waals surface area contributed by atoms with Crippen molar-refractivity contribution in [2.75, 3.05) is 18.9 Å². The maximum Gasteiger partial charge on any atom is 0.266 e. The van der Waals surface area contributed by atoms with Gasteiger partial charge in [0.25, 0.3) is 10.1 Å². The fourth-order valence-electron chi connectivity index (χ4n) is 2.47. The van der Waals surface area contributed by atoms with Gasteiger partial charge in [0.2, 0.25) is 5.91 Å². The number of hydrogen-bond acceptors (Lipinski definition) is 5. The Hall–Kier alpha value is -1.64. The van der Waals surface area contributed by atoms with Crippen molar-refractivity contribution in [3.63, 3.8) is 0 Å². The Labute approximate surface area is 149 Å². The molecule has 0 bridgehead atoms. The van der Waals surface area contributed by atoms with Crippen LogP contribution in [0.5, 0.6) is 5.75 Å². The number of carbonyl (C=O) groups is 1. The van der Waals surface area contributed by atoms with E-state index < -0.39 is 21.9 Å². The van der Waals surface area contributed by atoms with Gasteiger partial charge in [0, 0.05) is 19.0 Å². The first kappa shape index (κ1) is 21.4. The minimum Gasteiger partial charge on any atom is -0.494 e. The standard InChI is InChI=1S/C17H28N2O5S/c1-13-9-14(2)11-16(10-13)24-8-4-6-17(20)19-7-3-5-15(18)12-25(21,22)23/h9-11,15H,3-8,12,18H2,1-2H3,(H,19,20)(H,21,22,23)/t15-/m1/s1. The molecule has 0 fully saturated rings. The number of ether oxygens (including phenoxy) is 1. The van der Waals surface area contributed by atoms with Gasteiger partial charge in [0.05, 0.1) is 12.4 Å². The summed E-state index contributed by atoms with van der Waals surface area (Å²) in [7, 11) is -4.05. The number of carbonyl (C=O) groups excluding carboxylic acids is 1. The van der Waals surface area contributed by atoms with E-state index in [4.69, 9.17) is 15.0 Å². The molecule has 0 spiro atoms. The highest BCUT2D eigenvalue weighted by Gasteiger charge is 2.12. The molecule has 1 amide bonds. The largest absolute Gasteiger partial charge is 0.494 e. The van der Waals surface area contributed by atoms with Crippen molar-refractivity contribution in [1.82, 2.24) is 5.32 Å². The SMILES string of the molecule is Cc1cc(C)cc(OCCCC(=O)NCCC[C@@H](N)CS(=O)(=O)O)c1. The van der Waals surface area contributed by atoms with Crippen molar-refractivity contribution in [2.45, 2.75) is 45.6 Å². The molecule has 8 heteroatoms. The van der Waals surface area contributed by atoms with Crippen LogP contribution in [0.1, 0.15) is 36.8 Å². The van der Waals surface area contributed by atoms with Gasteiger partial charge in [0.15, 0.2) is 0 Å². The van der Waals surface area contributed by atoms with Crippen LogP contribution in [0.15, 0.2) is 18.2 Å². The van der Waals surface area contributed by atoms with Gasteiger partial charge >= 0.3 is 0 Å². The minimum atomic E-state index is -4.05. The Balaban J connectivity index is 2.11. The summed E-state index contributed by atoms with van der Waals surface area (Å²) in [5.41, 5.74) is 7.86. The molecule has 4 N–H and O–H groups in total. The van der Waals surface area contributed by atoms with E-state index in [1.807, 2.05) is 26.0 Å². The average Bonchev–Trinajstić information content (AvgIpc) is 2.45. The van der Waals surface area contributed by atoms with Crippen LogP contribution in [0.2, 0.25) is 0 Å². The third-order valence-electron chi connectivity index (χ3n) is 3.51. The quantitative estimate of drug-likeness (QED) is 0.401. The van der Waals surface area contributed by atoms with E-state index in [-0.39, 0.29) is 5.91 Å². The normalized spacial score (nSPS) is 12.6. The molecule has 1 rings (SSSR count). The molecule has 0 aliphatic carbocycles. The van der Waals surface area contributed by atoms with E-state index >= 15 is 0 Å². The van der Waals surface area contributed by atoms with Gasteiger partial charge in [0.1, 0.15) is 5.75 Å². The van der Waals surface area contributed by atoms with Gasteiger partial charge < -0.3 is 15.8 Å². The summed E-state index contributed by atoms with van der Waals surface area (Å²) < 4.78 is 35.6. The monoisotopic (exact) mass is 372 g/mol. The van der Waals surface area contributed by atoms with Crippen LogP contribution in [0.4, 0.5) is 0 Å². The molecule has 142 valence electrons. The first-order valence-corrected chi connectivity index (χ1v) is 9.95. The Morgan fingerprint density at radius 1 is 1.24 bits per heavy atom. The van der Waals surface area contributed by atoms with E-state index in [0.29, 0.717) is 38.8 Å². The highest BCUT2D eigenvalue weighted by atomic mass is 32.2. The number of amides is 1. The number of benzene rings is 1. The average molecular weight is 372 g/mol. The van der Waals surface area contributed by atoms with Crippen LogP contribution in [0.25, 0.3) is 0 Å². The predicted octanol–water partition coefficient (Wildman–Crippen LogP) is 1.57. The molecule has 0 aliphatic heterocycles. The lowest BCUT2D eigenvalue weighted by molar-refractivity contribution is -0.121. The number of rotatable bonds is 11. The maximum atomic E-state index is 11.7. The lowest BCUT2D eigenvalue weighted by Crippen LogP contribution is -2.31. The molecule has 0 radical (unpaired) electrons. The van der Waals surface area contributed by atoms with Gasteiger partial charge in [-0.15, -0.1) is 0 Å². The summed E-state index contributed by atoms with van der Waals surface area (Å²) in [4.78, 5) is 11.7. The Kier molecular flexibility index (Phi) is 8.88. The topological polar surface area (TPSA) is 119 Å². The summed E-state index contributed by atoms with van der Waals surface area (Å²) in [6.45, 7) is 4.91. The van der Waals surface area contributed by atoms with Crippen molar-refractivity contribution in [3.05, 3.63) is 29.3 Å². The fourth-order valence-corrected chi connectivity index (χ4v) is 3.18. The fraction of sp³-hybridized carbons (Fsp3) is 0.588. The molecule has 0 saturated carbocycles. The van der Waals surface area contributed by atoms with Gasteiger partial charge in [-0.25, -0.2) is 0 Å². The molecule has 25 heavy (non-hydrogen) atoms. The summed E-state index contributed by atoms with van der Waals surface area (Å²) >= 11 is 0. The summed E-state index contributed by atoms with van der Waals surface area (Å²) in [5, 5.41) is 2.76.